The number of aromatic nitrogens is 1. The number of hydrogen-bond donors (Lipinski definition) is 2. The highest BCUT2D eigenvalue weighted by atomic mass is 16.3. The van der Waals surface area contributed by atoms with Crippen LogP contribution in [0, 0.1) is 0 Å². The van der Waals surface area contributed by atoms with Crippen LogP contribution in [0.5, 0.6) is 0 Å². The standard InChI is InChI=1S/C14H26N2O/c1-4-8-16-9-7-13(11-16)10-15-14(5-2,6-3)12-17/h7,9,11,15,17H,4-6,8,10,12H2,1-3H3. The molecular formula is C14H26N2O. The Morgan fingerprint density at radius 3 is 2.53 bits per heavy atom. The Morgan fingerprint density at radius 2 is 2.00 bits per heavy atom. The van der Waals surface area contributed by atoms with Crippen molar-refractivity contribution < 1.29 is 5.11 Å². The molecule has 0 saturated heterocycles. The van der Waals surface area contributed by atoms with Crippen molar-refractivity contribution in [2.45, 2.75) is 58.7 Å². The minimum atomic E-state index is -0.118. The fourth-order valence-electron chi connectivity index (χ4n) is 2.06. The second kappa shape index (κ2) is 6.82. The highest BCUT2D eigenvalue weighted by Crippen LogP contribution is 2.15. The van der Waals surface area contributed by atoms with E-state index in [2.05, 4.69) is 49.1 Å². The van der Waals surface area contributed by atoms with Crippen molar-refractivity contribution in [3.63, 3.8) is 0 Å². The first-order valence-electron chi connectivity index (χ1n) is 6.70. The van der Waals surface area contributed by atoms with E-state index in [1.807, 2.05) is 0 Å². The van der Waals surface area contributed by atoms with Crippen LogP contribution in [-0.4, -0.2) is 21.8 Å². The van der Waals surface area contributed by atoms with Gasteiger partial charge in [-0.2, -0.15) is 0 Å². The van der Waals surface area contributed by atoms with Gasteiger partial charge in [-0.3, -0.25) is 0 Å². The molecule has 0 bridgehead atoms. The molecule has 0 fully saturated rings. The van der Waals surface area contributed by atoms with E-state index in [4.69, 9.17) is 0 Å². The lowest BCUT2D eigenvalue weighted by Gasteiger charge is -2.30. The van der Waals surface area contributed by atoms with Gasteiger partial charge in [0.1, 0.15) is 0 Å². The average Bonchev–Trinajstić information content (AvgIpc) is 2.80. The minimum Gasteiger partial charge on any atom is -0.394 e. The van der Waals surface area contributed by atoms with Crippen LogP contribution in [0.2, 0.25) is 0 Å². The van der Waals surface area contributed by atoms with Crippen molar-refractivity contribution >= 4 is 0 Å². The van der Waals surface area contributed by atoms with Gasteiger partial charge in [0.2, 0.25) is 0 Å². The second-order valence-electron chi connectivity index (χ2n) is 4.76. The van der Waals surface area contributed by atoms with Gasteiger partial charge < -0.3 is 15.0 Å². The Morgan fingerprint density at radius 1 is 1.29 bits per heavy atom. The van der Waals surface area contributed by atoms with Crippen LogP contribution in [0.1, 0.15) is 45.6 Å². The van der Waals surface area contributed by atoms with E-state index in [9.17, 15) is 5.11 Å². The molecular weight excluding hydrogens is 212 g/mol. The van der Waals surface area contributed by atoms with Crippen molar-refractivity contribution in [2.24, 2.45) is 0 Å². The third-order valence-corrected chi connectivity index (χ3v) is 3.62. The fourth-order valence-corrected chi connectivity index (χ4v) is 2.06. The zero-order chi connectivity index (χ0) is 12.7. The smallest absolute Gasteiger partial charge is 0.0613 e. The predicted molar refractivity (Wildman–Crippen MR) is 72.0 cm³/mol. The molecule has 2 N–H and O–H groups in total. The van der Waals surface area contributed by atoms with Gasteiger partial charge in [-0.15, -0.1) is 0 Å². The SMILES string of the molecule is CCCn1ccc(CNC(CC)(CC)CO)c1. The van der Waals surface area contributed by atoms with Gasteiger partial charge in [0.15, 0.2) is 0 Å². The van der Waals surface area contributed by atoms with Crippen LogP contribution in [-0.2, 0) is 13.1 Å². The quantitative estimate of drug-likeness (QED) is 0.730. The number of aliphatic hydroxyl groups is 1. The van der Waals surface area contributed by atoms with E-state index in [0.717, 1.165) is 32.4 Å². The van der Waals surface area contributed by atoms with Gasteiger partial charge in [-0.25, -0.2) is 0 Å². The maximum absolute atomic E-state index is 9.48. The van der Waals surface area contributed by atoms with Gasteiger partial charge in [0.25, 0.3) is 0 Å². The fraction of sp³-hybridized carbons (Fsp3) is 0.714. The zero-order valence-electron chi connectivity index (χ0n) is 11.4. The molecule has 3 heteroatoms. The lowest BCUT2D eigenvalue weighted by atomic mass is 9.94. The van der Waals surface area contributed by atoms with Crippen LogP contribution in [0.4, 0.5) is 0 Å². The molecule has 0 atom stereocenters. The number of nitrogens with one attached hydrogen (secondary N) is 1. The maximum Gasteiger partial charge on any atom is 0.0613 e. The Kier molecular flexibility index (Phi) is 5.72. The molecule has 0 radical (unpaired) electrons. The number of hydrogen-bond acceptors (Lipinski definition) is 2. The molecule has 1 aromatic heterocycles. The van der Waals surface area contributed by atoms with Crippen molar-refractivity contribution in [2.75, 3.05) is 6.61 Å². The Bertz CT molecular complexity index is 308. The van der Waals surface area contributed by atoms with E-state index in [-0.39, 0.29) is 12.1 Å². The van der Waals surface area contributed by atoms with E-state index >= 15 is 0 Å². The molecule has 1 heterocycles. The van der Waals surface area contributed by atoms with Crippen molar-refractivity contribution in [1.82, 2.24) is 9.88 Å². The average molecular weight is 238 g/mol. The van der Waals surface area contributed by atoms with Gasteiger partial charge in [-0.05, 0) is 30.9 Å². The molecule has 1 aromatic rings. The number of aliphatic hydroxyl groups excluding tert-OH is 1. The first kappa shape index (κ1) is 14.3. The minimum absolute atomic E-state index is 0.118. The summed E-state index contributed by atoms with van der Waals surface area (Å²) < 4.78 is 2.22. The summed E-state index contributed by atoms with van der Waals surface area (Å²) in [7, 11) is 0. The third-order valence-electron chi connectivity index (χ3n) is 3.62. The molecule has 98 valence electrons. The van der Waals surface area contributed by atoms with E-state index in [1.165, 1.54) is 5.56 Å². The number of aryl methyl sites for hydroxylation is 1. The van der Waals surface area contributed by atoms with Gasteiger partial charge in [0, 0.05) is 31.0 Å². The lowest BCUT2D eigenvalue weighted by Crippen LogP contribution is -2.46. The zero-order valence-corrected chi connectivity index (χ0v) is 11.4. The van der Waals surface area contributed by atoms with Gasteiger partial charge in [-0.1, -0.05) is 20.8 Å². The lowest BCUT2D eigenvalue weighted by molar-refractivity contribution is 0.149. The summed E-state index contributed by atoms with van der Waals surface area (Å²) in [6.07, 6.45) is 7.38. The number of nitrogens with zero attached hydrogens (tertiary/aromatic N) is 1. The first-order valence-corrected chi connectivity index (χ1v) is 6.70. The molecule has 0 aliphatic rings. The molecule has 0 spiro atoms. The molecule has 1 rings (SSSR count). The molecule has 0 saturated carbocycles. The monoisotopic (exact) mass is 238 g/mol. The van der Waals surface area contributed by atoms with Crippen LogP contribution < -0.4 is 5.32 Å². The van der Waals surface area contributed by atoms with E-state index < -0.39 is 0 Å². The molecule has 0 aliphatic heterocycles. The van der Waals surface area contributed by atoms with Crippen molar-refractivity contribution in [3.05, 3.63) is 24.0 Å². The largest absolute Gasteiger partial charge is 0.394 e. The Labute approximate surface area is 105 Å². The van der Waals surface area contributed by atoms with Crippen molar-refractivity contribution in [1.29, 1.82) is 0 Å². The Hall–Kier alpha value is -0.800. The summed E-state index contributed by atoms with van der Waals surface area (Å²) in [6, 6.07) is 2.15. The summed E-state index contributed by atoms with van der Waals surface area (Å²) in [6.45, 7) is 8.54. The van der Waals surface area contributed by atoms with Crippen LogP contribution >= 0.6 is 0 Å². The molecule has 0 aromatic carbocycles. The van der Waals surface area contributed by atoms with E-state index in [0.29, 0.717) is 0 Å². The first-order chi connectivity index (χ1) is 8.19. The highest BCUT2D eigenvalue weighted by Gasteiger charge is 2.23. The van der Waals surface area contributed by atoms with Crippen LogP contribution in [0.15, 0.2) is 18.5 Å². The highest BCUT2D eigenvalue weighted by molar-refractivity contribution is 5.10. The third kappa shape index (κ3) is 3.86. The summed E-state index contributed by atoms with van der Waals surface area (Å²) in [4.78, 5) is 0. The Balaban J connectivity index is 2.53. The summed E-state index contributed by atoms with van der Waals surface area (Å²) in [5.41, 5.74) is 1.17. The molecule has 0 amide bonds. The molecule has 17 heavy (non-hydrogen) atoms. The van der Waals surface area contributed by atoms with Crippen LogP contribution in [0.25, 0.3) is 0 Å². The molecule has 0 aliphatic carbocycles. The van der Waals surface area contributed by atoms with Gasteiger partial charge in [0.05, 0.1) is 6.61 Å². The van der Waals surface area contributed by atoms with E-state index in [1.54, 1.807) is 0 Å². The molecule has 0 unspecified atom stereocenters. The number of rotatable bonds is 8. The normalized spacial score (nSPS) is 12.0. The van der Waals surface area contributed by atoms with Crippen LogP contribution in [0.3, 0.4) is 0 Å². The van der Waals surface area contributed by atoms with Crippen molar-refractivity contribution in [3.8, 4) is 0 Å². The topological polar surface area (TPSA) is 37.2 Å². The summed E-state index contributed by atoms with van der Waals surface area (Å²) in [5, 5.41) is 13.0. The maximum atomic E-state index is 9.48. The summed E-state index contributed by atoms with van der Waals surface area (Å²) in [5.74, 6) is 0. The summed E-state index contributed by atoms with van der Waals surface area (Å²) >= 11 is 0. The van der Waals surface area contributed by atoms with Gasteiger partial charge >= 0.3 is 0 Å². The predicted octanol–water partition coefficient (Wildman–Crippen LogP) is 2.54. The second-order valence-corrected chi connectivity index (χ2v) is 4.76. The molecule has 3 nitrogen and oxygen atoms in total.